The largest absolute Gasteiger partial charge is 0.383 e. The number of aryl methyl sites for hydroxylation is 3. The summed E-state index contributed by atoms with van der Waals surface area (Å²) in [7, 11) is 0. The second-order valence-corrected chi connectivity index (χ2v) is 6.64. The number of nitrogens with one attached hydrogen (secondary N) is 1. The Hall–Kier alpha value is -2.81. The summed E-state index contributed by atoms with van der Waals surface area (Å²) in [5.41, 5.74) is 10.7. The average Bonchev–Trinajstić information content (AvgIpc) is 2.87. The van der Waals surface area contributed by atoms with Crippen LogP contribution in [0.25, 0.3) is 0 Å². The van der Waals surface area contributed by atoms with Crippen LogP contribution in [0.4, 0.5) is 5.82 Å². The fourth-order valence-corrected chi connectivity index (χ4v) is 3.39. The van der Waals surface area contributed by atoms with Gasteiger partial charge in [-0.25, -0.2) is 4.68 Å². The van der Waals surface area contributed by atoms with Gasteiger partial charge in [-0.2, -0.15) is 10.4 Å². The molecule has 6 nitrogen and oxygen atoms in total. The molecule has 3 N–H and O–H groups in total. The number of amides is 1. The summed E-state index contributed by atoms with van der Waals surface area (Å²) in [6.07, 6.45) is 4.75. The first-order chi connectivity index (χ1) is 12.0. The minimum Gasteiger partial charge on any atom is -0.383 e. The van der Waals surface area contributed by atoms with Gasteiger partial charge in [0.1, 0.15) is 24.0 Å². The molecule has 0 saturated carbocycles. The van der Waals surface area contributed by atoms with E-state index in [1.54, 1.807) is 6.92 Å². The van der Waals surface area contributed by atoms with Gasteiger partial charge < -0.3 is 11.1 Å². The summed E-state index contributed by atoms with van der Waals surface area (Å²) in [4.78, 5) is 12.3. The first-order valence-corrected chi connectivity index (χ1v) is 8.63. The number of carbonyl (C=O) groups excluding carboxylic acids is 1. The van der Waals surface area contributed by atoms with Crippen LogP contribution in [-0.2, 0) is 24.2 Å². The molecule has 1 aliphatic carbocycles. The van der Waals surface area contributed by atoms with Crippen molar-refractivity contribution in [3.8, 4) is 6.07 Å². The summed E-state index contributed by atoms with van der Waals surface area (Å²) >= 11 is 0. The minimum absolute atomic E-state index is 0.00361. The molecule has 6 heteroatoms. The Balaban J connectivity index is 1.68. The molecule has 2 aromatic rings. The first kappa shape index (κ1) is 17.0. The maximum absolute atomic E-state index is 12.3. The summed E-state index contributed by atoms with van der Waals surface area (Å²) in [5, 5.41) is 16.2. The number of benzene rings is 1. The van der Waals surface area contributed by atoms with Crippen molar-refractivity contribution in [3.05, 3.63) is 46.1 Å². The van der Waals surface area contributed by atoms with Gasteiger partial charge in [-0.1, -0.05) is 18.2 Å². The van der Waals surface area contributed by atoms with E-state index in [1.807, 2.05) is 13.0 Å². The van der Waals surface area contributed by atoms with Crippen molar-refractivity contribution in [2.45, 2.75) is 52.1 Å². The zero-order chi connectivity index (χ0) is 18.0. The Kier molecular flexibility index (Phi) is 4.75. The third-order valence-electron chi connectivity index (χ3n) is 4.82. The molecule has 1 amide bonds. The highest BCUT2D eigenvalue weighted by Crippen LogP contribution is 2.24. The van der Waals surface area contributed by atoms with Gasteiger partial charge in [-0.15, -0.1) is 0 Å². The number of hydrogen-bond donors (Lipinski definition) is 2. The van der Waals surface area contributed by atoms with Crippen LogP contribution in [0.1, 0.15) is 53.8 Å². The molecule has 1 heterocycles. The number of fused-ring (bicyclic) bond motifs is 1. The maximum Gasteiger partial charge on any atom is 0.242 e. The zero-order valence-electron chi connectivity index (χ0n) is 14.7. The Morgan fingerprint density at radius 2 is 2.12 bits per heavy atom. The van der Waals surface area contributed by atoms with Crippen molar-refractivity contribution >= 4 is 11.7 Å². The van der Waals surface area contributed by atoms with Gasteiger partial charge in [0.2, 0.25) is 5.91 Å². The molecule has 1 aromatic heterocycles. The SMILES string of the molecule is Cc1nn(CC(=O)N[C@H](C)c2ccc3c(c2)CCCC3)c(N)c1C#N. The van der Waals surface area contributed by atoms with E-state index in [-0.39, 0.29) is 24.3 Å². The molecule has 1 aliphatic rings. The fourth-order valence-electron chi connectivity index (χ4n) is 3.39. The number of nitrogen functional groups attached to an aromatic ring is 1. The number of nitriles is 1. The third-order valence-corrected chi connectivity index (χ3v) is 4.82. The van der Waals surface area contributed by atoms with Crippen LogP contribution < -0.4 is 11.1 Å². The molecule has 0 aliphatic heterocycles. The number of hydrogen-bond acceptors (Lipinski definition) is 4. The summed E-state index contributed by atoms with van der Waals surface area (Å²) < 4.78 is 1.38. The third kappa shape index (κ3) is 3.50. The van der Waals surface area contributed by atoms with Gasteiger partial charge in [-0.3, -0.25) is 4.79 Å². The fraction of sp³-hybridized carbons (Fsp3) is 0.421. The number of anilines is 1. The molecule has 1 atom stereocenters. The topological polar surface area (TPSA) is 96.7 Å². The van der Waals surface area contributed by atoms with Crippen molar-refractivity contribution < 1.29 is 4.79 Å². The molecule has 25 heavy (non-hydrogen) atoms. The summed E-state index contributed by atoms with van der Waals surface area (Å²) in [5.74, 6) is 0.0560. The van der Waals surface area contributed by atoms with Gasteiger partial charge >= 0.3 is 0 Å². The van der Waals surface area contributed by atoms with Crippen LogP contribution in [0.5, 0.6) is 0 Å². The van der Waals surface area contributed by atoms with Crippen molar-refractivity contribution in [2.75, 3.05) is 5.73 Å². The van der Waals surface area contributed by atoms with Gasteiger partial charge in [-0.05, 0) is 56.2 Å². The second kappa shape index (κ2) is 6.98. The van der Waals surface area contributed by atoms with Crippen molar-refractivity contribution in [1.29, 1.82) is 5.26 Å². The summed E-state index contributed by atoms with van der Waals surface area (Å²) in [6.45, 7) is 3.68. The highest BCUT2D eigenvalue weighted by Gasteiger charge is 2.17. The van der Waals surface area contributed by atoms with E-state index in [0.717, 1.165) is 18.4 Å². The Bertz CT molecular complexity index is 846. The van der Waals surface area contributed by atoms with E-state index in [9.17, 15) is 4.79 Å². The van der Waals surface area contributed by atoms with Crippen LogP contribution in [0.2, 0.25) is 0 Å². The molecule has 1 aromatic carbocycles. The average molecular weight is 337 g/mol. The first-order valence-electron chi connectivity index (χ1n) is 8.63. The molecule has 130 valence electrons. The van der Waals surface area contributed by atoms with Gasteiger partial charge in [0.05, 0.1) is 11.7 Å². The molecule has 0 spiro atoms. The number of nitrogens with zero attached hydrogens (tertiary/aromatic N) is 3. The number of carbonyl (C=O) groups is 1. The molecule has 0 fully saturated rings. The normalized spacial score (nSPS) is 14.4. The highest BCUT2D eigenvalue weighted by atomic mass is 16.2. The Morgan fingerprint density at radius 1 is 1.40 bits per heavy atom. The Morgan fingerprint density at radius 3 is 2.80 bits per heavy atom. The van der Waals surface area contributed by atoms with Crippen molar-refractivity contribution in [2.24, 2.45) is 0 Å². The standard InChI is InChI=1S/C19H23N5O/c1-12(15-8-7-14-5-3-4-6-16(14)9-15)22-18(25)11-24-19(21)17(10-20)13(2)23-24/h7-9,12H,3-6,11,21H2,1-2H3,(H,22,25)/t12-/m1/s1. The highest BCUT2D eigenvalue weighted by molar-refractivity contribution is 5.77. The van der Waals surface area contributed by atoms with Crippen LogP contribution in [0, 0.1) is 18.3 Å². The van der Waals surface area contributed by atoms with Gasteiger partial charge in [0.15, 0.2) is 0 Å². The van der Waals surface area contributed by atoms with E-state index in [1.165, 1.54) is 28.7 Å². The minimum atomic E-state index is -0.177. The van der Waals surface area contributed by atoms with E-state index in [2.05, 4.69) is 28.6 Å². The van der Waals surface area contributed by atoms with E-state index < -0.39 is 0 Å². The van der Waals surface area contributed by atoms with Crippen LogP contribution >= 0.6 is 0 Å². The van der Waals surface area contributed by atoms with Gasteiger partial charge in [0.25, 0.3) is 0 Å². The predicted molar refractivity (Wildman–Crippen MR) is 95.7 cm³/mol. The van der Waals surface area contributed by atoms with E-state index >= 15 is 0 Å². The number of nitrogens with two attached hydrogens (primary N) is 1. The lowest BCUT2D eigenvalue weighted by Crippen LogP contribution is -2.31. The molecule has 0 unspecified atom stereocenters. The predicted octanol–water partition coefficient (Wildman–Crippen LogP) is 2.40. The maximum atomic E-state index is 12.3. The van der Waals surface area contributed by atoms with Crippen LogP contribution in [-0.4, -0.2) is 15.7 Å². The summed E-state index contributed by atoms with van der Waals surface area (Å²) in [6, 6.07) is 8.40. The van der Waals surface area contributed by atoms with Crippen molar-refractivity contribution in [3.63, 3.8) is 0 Å². The molecule has 0 saturated heterocycles. The quantitative estimate of drug-likeness (QED) is 0.895. The monoisotopic (exact) mass is 337 g/mol. The lowest BCUT2D eigenvalue weighted by atomic mass is 9.89. The molecule has 3 rings (SSSR count). The second-order valence-electron chi connectivity index (χ2n) is 6.64. The Labute approximate surface area is 147 Å². The van der Waals surface area contributed by atoms with E-state index in [4.69, 9.17) is 11.0 Å². The van der Waals surface area contributed by atoms with Gasteiger partial charge in [0, 0.05) is 0 Å². The van der Waals surface area contributed by atoms with E-state index in [0.29, 0.717) is 11.3 Å². The number of rotatable bonds is 4. The lowest BCUT2D eigenvalue weighted by Gasteiger charge is -2.20. The molecule has 0 bridgehead atoms. The van der Waals surface area contributed by atoms with Crippen molar-refractivity contribution in [1.82, 2.24) is 15.1 Å². The molecule has 0 radical (unpaired) electrons. The molecular formula is C19H23N5O. The molecular weight excluding hydrogens is 314 g/mol. The zero-order valence-corrected chi connectivity index (χ0v) is 14.7. The number of aromatic nitrogens is 2. The lowest BCUT2D eigenvalue weighted by molar-refractivity contribution is -0.122. The van der Waals surface area contributed by atoms with Crippen LogP contribution in [0.15, 0.2) is 18.2 Å². The van der Waals surface area contributed by atoms with Crippen LogP contribution in [0.3, 0.4) is 0 Å². The smallest absolute Gasteiger partial charge is 0.242 e.